The van der Waals surface area contributed by atoms with E-state index in [4.69, 9.17) is 10.5 Å². The Morgan fingerprint density at radius 2 is 1.89 bits per heavy atom. The van der Waals surface area contributed by atoms with Gasteiger partial charge in [0.15, 0.2) is 0 Å². The Labute approximate surface area is 167 Å². The fourth-order valence-electron chi connectivity index (χ4n) is 3.35. The van der Waals surface area contributed by atoms with E-state index in [0.717, 1.165) is 17.0 Å². The summed E-state index contributed by atoms with van der Waals surface area (Å²) in [6.07, 6.45) is 0.705. The molecular formula is C20H23N3O4S. The summed E-state index contributed by atoms with van der Waals surface area (Å²) in [6.45, 7) is 5.80. The van der Waals surface area contributed by atoms with Gasteiger partial charge in [0.1, 0.15) is 5.00 Å². The van der Waals surface area contributed by atoms with Gasteiger partial charge in [-0.3, -0.25) is 14.5 Å². The quantitative estimate of drug-likeness (QED) is 0.750. The Balaban J connectivity index is 1.94. The second kappa shape index (κ2) is 8.12. The molecule has 7 nitrogen and oxygen atoms in total. The second-order valence-corrected chi connectivity index (χ2v) is 7.98. The molecule has 8 heteroatoms. The molecule has 0 atom stereocenters. The molecule has 0 radical (unpaired) electrons. The number of carbonyl (C=O) groups is 3. The highest BCUT2D eigenvalue weighted by Crippen LogP contribution is 2.37. The van der Waals surface area contributed by atoms with Crippen molar-refractivity contribution < 1.29 is 19.1 Å². The van der Waals surface area contributed by atoms with Crippen LogP contribution in [0.25, 0.3) is 0 Å². The number of esters is 1. The number of primary amides is 1. The lowest BCUT2D eigenvalue weighted by molar-refractivity contribution is 0.0597. The molecule has 28 heavy (non-hydrogen) atoms. The predicted octanol–water partition coefficient (Wildman–Crippen LogP) is 2.65. The Morgan fingerprint density at radius 3 is 2.50 bits per heavy atom. The number of nitrogens with one attached hydrogen (secondary N) is 1. The van der Waals surface area contributed by atoms with E-state index in [1.54, 1.807) is 18.2 Å². The van der Waals surface area contributed by atoms with Crippen molar-refractivity contribution in [3.05, 3.63) is 51.4 Å². The third kappa shape index (κ3) is 3.79. The van der Waals surface area contributed by atoms with E-state index in [1.807, 2.05) is 0 Å². The van der Waals surface area contributed by atoms with E-state index >= 15 is 0 Å². The number of anilines is 1. The number of amides is 2. The minimum absolute atomic E-state index is 0.162. The Hall–Kier alpha value is -2.71. The number of methoxy groups -OCH3 is 1. The largest absolute Gasteiger partial charge is 0.465 e. The van der Waals surface area contributed by atoms with E-state index in [9.17, 15) is 14.4 Å². The van der Waals surface area contributed by atoms with Gasteiger partial charge in [0.2, 0.25) is 0 Å². The maximum atomic E-state index is 12.8. The summed E-state index contributed by atoms with van der Waals surface area (Å²) in [5.41, 5.74) is 7.24. The fraction of sp³-hybridized carbons (Fsp3) is 0.350. The zero-order valence-electron chi connectivity index (χ0n) is 16.1. The fourth-order valence-corrected chi connectivity index (χ4v) is 4.63. The molecule has 0 bridgehead atoms. The standard InChI is InChI=1S/C20H23N3O4S/c1-11(2)23-9-8-14-15(10-23)28-19(16(14)17(21)24)22-18(25)12-6-4-5-7-13(12)20(26)27-3/h4-7,11H,8-10H2,1-3H3,(H2,21,24)(H,22,25). The lowest BCUT2D eigenvalue weighted by atomic mass is 10.0. The highest BCUT2D eigenvalue weighted by molar-refractivity contribution is 7.17. The van der Waals surface area contributed by atoms with Gasteiger partial charge in [0.05, 0.1) is 23.8 Å². The van der Waals surface area contributed by atoms with Crippen molar-refractivity contribution >= 4 is 34.1 Å². The van der Waals surface area contributed by atoms with Crippen LogP contribution in [-0.2, 0) is 17.7 Å². The van der Waals surface area contributed by atoms with Crippen LogP contribution in [0.2, 0.25) is 0 Å². The second-order valence-electron chi connectivity index (χ2n) is 6.88. The van der Waals surface area contributed by atoms with Crippen molar-refractivity contribution in [3.8, 4) is 0 Å². The van der Waals surface area contributed by atoms with Crippen molar-refractivity contribution in [2.75, 3.05) is 19.0 Å². The zero-order valence-corrected chi connectivity index (χ0v) is 16.9. The van der Waals surface area contributed by atoms with Gasteiger partial charge in [0.25, 0.3) is 11.8 Å². The Kier molecular flexibility index (Phi) is 5.81. The summed E-state index contributed by atoms with van der Waals surface area (Å²) < 4.78 is 4.74. The number of hydrogen-bond acceptors (Lipinski definition) is 6. The molecule has 0 unspecified atom stereocenters. The van der Waals surface area contributed by atoms with E-state index in [1.165, 1.54) is 24.5 Å². The van der Waals surface area contributed by atoms with Crippen LogP contribution < -0.4 is 11.1 Å². The third-order valence-electron chi connectivity index (χ3n) is 4.87. The van der Waals surface area contributed by atoms with Crippen LogP contribution in [0, 0.1) is 0 Å². The average Bonchev–Trinajstić information content (AvgIpc) is 3.04. The highest BCUT2D eigenvalue weighted by Gasteiger charge is 2.29. The van der Waals surface area contributed by atoms with Crippen LogP contribution in [0.4, 0.5) is 5.00 Å². The monoisotopic (exact) mass is 401 g/mol. The normalized spacial score (nSPS) is 13.9. The number of thiophene rings is 1. The third-order valence-corrected chi connectivity index (χ3v) is 6.00. The number of nitrogens with zero attached hydrogens (tertiary/aromatic N) is 1. The molecule has 2 aromatic rings. The Bertz CT molecular complexity index is 936. The van der Waals surface area contributed by atoms with Gasteiger partial charge in [-0.1, -0.05) is 12.1 Å². The van der Waals surface area contributed by atoms with Crippen LogP contribution in [0.1, 0.15) is 55.4 Å². The molecule has 2 amide bonds. The molecule has 3 rings (SSSR count). The van der Waals surface area contributed by atoms with Gasteiger partial charge in [-0.05, 0) is 38.0 Å². The van der Waals surface area contributed by atoms with Crippen LogP contribution in [0.15, 0.2) is 24.3 Å². The molecule has 0 saturated carbocycles. The number of ether oxygens (including phenoxy) is 1. The van der Waals surface area contributed by atoms with Crippen molar-refractivity contribution in [2.45, 2.75) is 32.9 Å². The van der Waals surface area contributed by atoms with Gasteiger partial charge in [0, 0.05) is 24.0 Å². The number of benzene rings is 1. The first-order valence-electron chi connectivity index (χ1n) is 9.00. The molecular weight excluding hydrogens is 378 g/mol. The van der Waals surface area contributed by atoms with Crippen molar-refractivity contribution in [1.82, 2.24) is 4.90 Å². The molecule has 0 saturated heterocycles. The maximum absolute atomic E-state index is 12.8. The number of fused-ring (bicyclic) bond motifs is 1. The summed E-state index contributed by atoms with van der Waals surface area (Å²) in [7, 11) is 1.26. The zero-order chi connectivity index (χ0) is 20.4. The van der Waals surface area contributed by atoms with Crippen LogP contribution in [0.5, 0.6) is 0 Å². The van der Waals surface area contributed by atoms with E-state index in [-0.39, 0.29) is 11.1 Å². The Morgan fingerprint density at radius 1 is 1.21 bits per heavy atom. The number of rotatable bonds is 5. The van der Waals surface area contributed by atoms with Gasteiger partial charge in [-0.25, -0.2) is 4.79 Å². The predicted molar refractivity (Wildman–Crippen MR) is 108 cm³/mol. The first-order chi connectivity index (χ1) is 13.3. The lowest BCUT2D eigenvalue weighted by Crippen LogP contribution is -2.35. The topological polar surface area (TPSA) is 102 Å². The smallest absolute Gasteiger partial charge is 0.338 e. The lowest BCUT2D eigenvalue weighted by Gasteiger charge is -2.30. The average molecular weight is 401 g/mol. The van der Waals surface area contributed by atoms with Gasteiger partial charge >= 0.3 is 5.97 Å². The molecule has 1 aliphatic rings. The first kappa shape index (κ1) is 20.0. The summed E-state index contributed by atoms with van der Waals surface area (Å²) >= 11 is 1.36. The molecule has 3 N–H and O–H groups in total. The number of hydrogen-bond donors (Lipinski definition) is 2. The molecule has 1 aromatic carbocycles. The SMILES string of the molecule is COC(=O)c1ccccc1C(=O)Nc1sc2c(c1C(N)=O)CCN(C(C)C)C2. The highest BCUT2D eigenvalue weighted by atomic mass is 32.1. The summed E-state index contributed by atoms with van der Waals surface area (Å²) in [6, 6.07) is 6.77. The summed E-state index contributed by atoms with van der Waals surface area (Å²) in [5.74, 6) is -1.64. The van der Waals surface area contributed by atoms with Crippen LogP contribution in [-0.4, -0.2) is 42.4 Å². The first-order valence-corrected chi connectivity index (χ1v) is 9.82. The van der Waals surface area contributed by atoms with E-state index in [0.29, 0.717) is 29.6 Å². The number of carbonyl (C=O) groups excluding carboxylic acids is 3. The van der Waals surface area contributed by atoms with Gasteiger partial charge < -0.3 is 15.8 Å². The molecule has 0 aliphatic carbocycles. The number of nitrogens with two attached hydrogens (primary N) is 1. The van der Waals surface area contributed by atoms with Crippen LogP contribution in [0.3, 0.4) is 0 Å². The van der Waals surface area contributed by atoms with Crippen molar-refractivity contribution in [2.24, 2.45) is 5.73 Å². The maximum Gasteiger partial charge on any atom is 0.338 e. The van der Waals surface area contributed by atoms with Crippen molar-refractivity contribution in [1.29, 1.82) is 0 Å². The molecule has 2 heterocycles. The van der Waals surface area contributed by atoms with Crippen molar-refractivity contribution in [3.63, 3.8) is 0 Å². The van der Waals surface area contributed by atoms with Gasteiger partial charge in [-0.2, -0.15) is 0 Å². The minimum atomic E-state index is -0.598. The molecule has 148 valence electrons. The van der Waals surface area contributed by atoms with Crippen LogP contribution >= 0.6 is 11.3 Å². The molecule has 0 fully saturated rings. The minimum Gasteiger partial charge on any atom is -0.465 e. The molecule has 1 aliphatic heterocycles. The van der Waals surface area contributed by atoms with E-state index < -0.39 is 17.8 Å². The summed E-state index contributed by atoms with van der Waals surface area (Å²) in [4.78, 5) is 40.2. The molecule has 1 aromatic heterocycles. The molecule has 0 spiro atoms. The van der Waals surface area contributed by atoms with Gasteiger partial charge in [-0.15, -0.1) is 11.3 Å². The summed E-state index contributed by atoms with van der Waals surface area (Å²) in [5, 5.41) is 3.21. The van der Waals surface area contributed by atoms with E-state index in [2.05, 4.69) is 24.1 Å².